The molecule has 6 N–H and O–H groups in total. The highest BCUT2D eigenvalue weighted by molar-refractivity contribution is 5.97. The highest BCUT2D eigenvalue weighted by Crippen LogP contribution is 2.12. The maximum Gasteiger partial charge on any atom is 0.326 e. The second-order valence-corrected chi connectivity index (χ2v) is 6.89. The lowest BCUT2D eigenvalue weighted by Crippen LogP contribution is -2.41. The van der Waals surface area contributed by atoms with E-state index < -0.39 is 29.4 Å². The lowest BCUT2D eigenvalue weighted by molar-refractivity contribution is -0.142. The number of nitrogens with two attached hydrogens (primary N) is 1. The fourth-order valence-corrected chi connectivity index (χ4v) is 2.85. The van der Waals surface area contributed by atoms with Gasteiger partial charge in [0, 0.05) is 17.7 Å². The zero-order chi connectivity index (χ0) is 24.0. The number of hydrogen-bond donors (Lipinski definition) is 5. The summed E-state index contributed by atoms with van der Waals surface area (Å²) in [4.78, 5) is 61.4. The zero-order valence-corrected chi connectivity index (χ0v) is 17.5. The summed E-state index contributed by atoms with van der Waals surface area (Å²) in [5, 5.41) is 14.7. The first kappa shape index (κ1) is 23.1. The molecule has 2 heterocycles. The number of carboxylic acid groups (broad SMARTS) is 1. The number of nitrogen functional groups attached to an aromatic ring is 1. The van der Waals surface area contributed by atoms with Crippen LogP contribution in [0.4, 0.5) is 11.6 Å². The minimum absolute atomic E-state index is 0.0464. The molecule has 3 rings (SSSR count). The number of carbonyl (C=O) groups excluding carboxylic acids is 2. The van der Waals surface area contributed by atoms with Crippen molar-refractivity contribution in [3.63, 3.8) is 0 Å². The number of methoxy groups -OCH3 is 1. The number of carboxylic acids is 1. The summed E-state index contributed by atoms with van der Waals surface area (Å²) >= 11 is 0. The van der Waals surface area contributed by atoms with Crippen molar-refractivity contribution in [2.45, 2.75) is 25.4 Å². The Kier molecular flexibility index (Phi) is 7.13. The van der Waals surface area contributed by atoms with Gasteiger partial charge in [0.2, 0.25) is 5.95 Å². The van der Waals surface area contributed by atoms with Gasteiger partial charge in [-0.1, -0.05) is 0 Å². The SMILES string of the molecule is COC(=O)CC[C@@H](NC(=O)c1ccc(NCc2cnc3nc(N)[nH]c(=O)c3n2)cc1)C(=O)O. The first-order valence-corrected chi connectivity index (χ1v) is 9.72. The Balaban J connectivity index is 1.61. The van der Waals surface area contributed by atoms with E-state index in [1.165, 1.54) is 25.4 Å². The molecule has 13 nitrogen and oxygen atoms in total. The van der Waals surface area contributed by atoms with Crippen LogP contribution in [-0.4, -0.2) is 56.0 Å². The maximum atomic E-state index is 12.4. The molecule has 0 radical (unpaired) electrons. The first-order valence-electron chi connectivity index (χ1n) is 9.72. The van der Waals surface area contributed by atoms with E-state index in [2.05, 4.69) is 35.3 Å². The van der Waals surface area contributed by atoms with Gasteiger partial charge >= 0.3 is 11.9 Å². The number of aromatic nitrogens is 4. The van der Waals surface area contributed by atoms with Crippen LogP contribution in [0, 0.1) is 0 Å². The molecule has 1 aromatic carbocycles. The van der Waals surface area contributed by atoms with Crippen molar-refractivity contribution in [2.75, 3.05) is 18.2 Å². The van der Waals surface area contributed by atoms with Crippen molar-refractivity contribution in [2.24, 2.45) is 0 Å². The average Bonchev–Trinajstić information content (AvgIpc) is 2.80. The van der Waals surface area contributed by atoms with Crippen LogP contribution in [0.25, 0.3) is 11.2 Å². The van der Waals surface area contributed by atoms with Gasteiger partial charge in [-0.3, -0.25) is 19.4 Å². The van der Waals surface area contributed by atoms with E-state index in [0.29, 0.717) is 11.4 Å². The fraction of sp³-hybridized carbons (Fsp3) is 0.250. The van der Waals surface area contributed by atoms with Crippen molar-refractivity contribution in [1.29, 1.82) is 0 Å². The molecule has 0 aliphatic carbocycles. The van der Waals surface area contributed by atoms with Gasteiger partial charge in [-0.15, -0.1) is 0 Å². The van der Waals surface area contributed by atoms with Crippen LogP contribution in [0.1, 0.15) is 28.9 Å². The molecule has 3 aromatic rings. The molecule has 0 saturated heterocycles. The van der Waals surface area contributed by atoms with Crippen LogP contribution < -0.4 is 21.9 Å². The van der Waals surface area contributed by atoms with E-state index in [4.69, 9.17) is 5.73 Å². The number of amides is 1. The summed E-state index contributed by atoms with van der Waals surface area (Å²) in [5.41, 5.74) is 6.57. The van der Waals surface area contributed by atoms with Gasteiger partial charge in [0.05, 0.1) is 25.5 Å². The summed E-state index contributed by atoms with van der Waals surface area (Å²) in [5.74, 6) is -2.45. The minimum Gasteiger partial charge on any atom is -0.480 e. The first-order chi connectivity index (χ1) is 15.8. The largest absolute Gasteiger partial charge is 0.480 e. The Morgan fingerprint density at radius 1 is 1.21 bits per heavy atom. The quantitative estimate of drug-likeness (QED) is 0.273. The van der Waals surface area contributed by atoms with Crippen molar-refractivity contribution in [1.82, 2.24) is 25.3 Å². The third kappa shape index (κ3) is 6.00. The number of rotatable bonds is 9. The smallest absolute Gasteiger partial charge is 0.326 e. The number of nitrogens with one attached hydrogen (secondary N) is 3. The van der Waals surface area contributed by atoms with Gasteiger partial charge in [0.15, 0.2) is 11.2 Å². The van der Waals surface area contributed by atoms with E-state index >= 15 is 0 Å². The second kappa shape index (κ2) is 10.2. The van der Waals surface area contributed by atoms with Gasteiger partial charge in [0.25, 0.3) is 11.5 Å². The molecule has 1 amide bonds. The molecule has 0 unspecified atom stereocenters. The number of aromatic amines is 1. The predicted octanol–water partition coefficient (Wildman–Crippen LogP) is 0.0436. The van der Waals surface area contributed by atoms with E-state index in [0.717, 1.165) is 0 Å². The zero-order valence-electron chi connectivity index (χ0n) is 17.5. The monoisotopic (exact) mass is 455 g/mol. The summed E-state index contributed by atoms with van der Waals surface area (Å²) < 4.78 is 4.48. The van der Waals surface area contributed by atoms with E-state index in [-0.39, 0.29) is 42.1 Å². The number of carbonyl (C=O) groups is 3. The maximum absolute atomic E-state index is 12.4. The molecule has 33 heavy (non-hydrogen) atoms. The molecule has 0 fully saturated rings. The Morgan fingerprint density at radius 3 is 2.61 bits per heavy atom. The lowest BCUT2D eigenvalue weighted by Gasteiger charge is -2.14. The molecule has 0 aliphatic heterocycles. The van der Waals surface area contributed by atoms with Crippen LogP contribution in [0.5, 0.6) is 0 Å². The molecule has 0 spiro atoms. The van der Waals surface area contributed by atoms with Gasteiger partial charge in [-0.2, -0.15) is 4.98 Å². The van der Waals surface area contributed by atoms with Crippen LogP contribution in [0.15, 0.2) is 35.3 Å². The Morgan fingerprint density at radius 2 is 1.94 bits per heavy atom. The number of nitrogens with zero attached hydrogens (tertiary/aromatic N) is 3. The highest BCUT2D eigenvalue weighted by Gasteiger charge is 2.22. The van der Waals surface area contributed by atoms with Crippen molar-refractivity contribution >= 4 is 40.6 Å². The Labute approximate surface area is 186 Å². The molecule has 0 saturated carbocycles. The molecular formula is C20H21N7O6. The van der Waals surface area contributed by atoms with Crippen molar-refractivity contribution < 1.29 is 24.2 Å². The van der Waals surface area contributed by atoms with E-state index in [9.17, 15) is 24.3 Å². The van der Waals surface area contributed by atoms with Gasteiger partial charge < -0.3 is 26.2 Å². The van der Waals surface area contributed by atoms with E-state index in [1.807, 2.05) is 0 Å². The van der Waals surface area contributed by atoms with Gasteiger partial charge in [-0.05, 0) is 30.7 Å². The number of fused-ring (bicyclic) bond motifs is 1. The number of anilines is 2. The topological polar surface area (TPSA) is 202 Å². The minimum atomic E-state index is -1.25. The molecule has 1 atom stereocenters. The fourth-order valence-electron chi connectivity index (χ4n) is 2.85. The number of ether oxygens (including phenoxy) is 1. The molecular weight excluding hydrogens is 434 g/mol. The molecule has 172 valence electrons. The number of esters is 1. The lowest BCUT2D eigenvalue weighted by atomic mass is 10.1. The summed E-state index contributed by atoms with van der Waals surface area (Å²) in [6.07, 6.45) is 1.23. The van der Waals surface area contributed by atoms with Crippen molar-refractivity contribution in [3.05, 3.63) is 52.1 Å². The van der Waals surface area contributed by atoms with Crippen LogP contribution >= 0.6 is 0 Å². The standard InChI is InChI=1S/C20H21N7O6/c1-33-14(28)7-6-13(19(31)32)25-17(29)10-2-4-11(5-3-10)22-8-12-9-23-16-15(24-12)18(30)27-20(21)26-16/h2-5,9,13,22H,6-8H2,1H3,(H,25,29)(H,31,32)(H3,21,23,26,27,30)/t13-/m1/s1. The Bertz CT molecular complexity index is 1240. The van der Waals surface area contributed by atoms with Crippen LogP contribution in [-0.2, 0) is 20.9 Å². The molecule has 13 heteroatoms. The van der Waals surface area contributed by atoms with Crippen molar-refractivity contribution in [3.8, 4) is 0 Å². The van der Waals surface area contributed by atoms with Crippen LogP contribution in [0.3, 0.4) is 0 Å². The molecule has 0 bridgehead atoms. The number of aliphatic carboxylic acids is 1. The summed E-state index contributed by atoms with van der Waals surface area (Å²) in [6, 6.07) is 5.06. The third-order valence-electron chi connectivity index (χ3n) is 4.58. The normalized spacial score (nSPS) is 11.5. The third-order valence-corrected chi connectivity index (χ3v) is 4.58. The Hall–Kier alpha value is -4.55. The van der Waals surface area contributed by atoms with Crippen LogP contribution in [0.2, 0.25) is 0 Å². The predicted molar refractivity (Wildman–Crippen MR) is 116 cm³/mol. The molecule has 2 aromatic heterocycles. The summed E-state index contributed by atoms with van der Waals surface area (Å²) in [6.45, 7) is 0.243. The number of benzene rings is 1. The molecule has 0 aliphatic rings. The van der Waals surface area contributed by atoms with Gasteiger partial charge in [-0.25, -0.2) is 14.8 Å². The van der Waals surface area contributed by atoms with Gasteiger partial charge in [0.1, 0.15) is 6.04 Å². The second-order valence-electron chi connectivity index (χ2n) is 6.89. The summed E-state index contributed by atoms with van der Waals surface area (Å²) in [7, 11) is 1.20. The number of H-pyrrole nitrogens is 1. The van der Waals surface area contributed by atoms with E-state index in [1.54, 1.807) is 12.1 Å². The number of hydrogen-bond acceptors (Lipinski definition) is 10. The average molecular weight is 455 g/mol. The highest BCUT2D eigenvalue weighted by atomic mass is 16.5.